The molecule has 0 aromatic heterocycles. The Balaban J connectivity index is 1.67. The fourth-order valence-electron chi connectivity index (χ4n) is 3.60. The fraction of sp³-hybridized carbons (Fsp3) is 0.333. The van der Waals surface area contributed by atoms with Gasteiger partial charge >= 0.3 is 0 Å². The van der Waals surface area contributed by atoms with Crippen molar-refractivity contribution >= 4 is 29.5 Å². The minimum atomic E-state index is -0.572. The third-order valence-electron chi connectivity index (χ3n) is 4.82. The number of allylic oxidation sites excluding steroid dienone is 1. The summed E-state index contributed by atoms with van der Waals surface area (Å²) in [7, 11) is 0. The van der Waals surface area contributed by atoms with Gasteiger partial charge in [0.15, 0.2) is 0 Å². The largest absolute Gasteiger partial charge is 0.322 e. The summed E-state index contributed by atoms with van der Waals surface area (Å²) in [6.07, 6.45) is 5.28. The van der Waals surface area contributed by atoms with Gasteiger partial charge in [-0.25, -0.2) is 0 Å². The fourth-order valence-corrected chi connectivity index (χ4v) is 3.60. The van der Waals surface area contributed by atoms with Gasteiger partial charge < -0.3 is 4.90 Å². The van der Waals surface area contributed by atoms with E-state index in [1.54, 1.807) is 11.1 Å². The molecule has 1 aromatic carbocycles. The first kappa shape index (κ1) is 14.8. The van der Waals surface area contributed by atoms with Crippen molar-refractivity contribution < 1.29 is 14.4 Å². The summed E-state index contributed by atoms with van der Waals surface area (Å²) < 4.78 is 0. The molecular formula is C18H17N3O3. The normalized spacial score (nSPS) is 23.2. The van der Waals surface area contributed by atoms with Crippen LogP contribution in [0.3, 0.4) is 0 Å². The van der Waals surface area contributed by atoms with Crippen LogP contribution in [0.1, 0.15) is 40.7 Å². The Hall–Kier alpha value is -2.76. The maximum atomic E-state index is 12.8. The number of dihydropyridines is 1. The maximum Gasteiger partial charge on any atom is 0.255 e. The third kappa shape index (κ3) is 2.35. The molecule has 1 saturated heterocycles. The van der Waals surface area contributed by atoms with E-state index in [0.717, 1.165) is 24.1 Å². The van der Waals surface area contributed by atoms with Crippen molar-refractivity contribution in [1.82, 2.24) is 10.2 Å². The number of carbonyl (C=O) groups excluding carboxylic acids is 3. The molecule has 0 saturated carbocycles. The molecule has 0 radical (unpaired) electrons. The molecule has 6 nitrogen and oxygen atoms in total. The number of imide groups is 1. The van der Waals surface area contributed by atoms with Crippen LogP contribution >= 0.6 is 0 Å². The summed E-state index contributed by atoms with van der Waals surface area (Å²) in [6.45, 7) is 1.16. The van der Waals surface area contributed by atoms with E-state index in [1.807, 2.05) is 24.3 Å². The average molecular weight is 323 g/mol. The van der Waals surface area contributed by atoms with Gasteiger partial charge in [0.05, 0.1) is 0 Å². The maximum absolute atomic E-state index is 12.8. The number of nitrogens with zero attached hydrogens (tertiary/aromatic N) is 2. The minimum absolute atomic E-state index is 0.133. The molecule has 4 rings (SSSR count). The van der Waals surface area contributed by atoms with Gasteiger partial charge in [0, 0.05) is 31.3 Å². The van der Waals surface area contributed by atoms with E-state index < -0.39 is 6.04 Å². The van der Waals surface area contributed by atoms with Crippen molar-refractivity contribution in [1.29, 1.82) is 0 Å². The summed E-state index contributed by atoms with van der Waals surface area (Å²) in [4.78, 5) is 42.0. The highest BCUT2D eigenvalue weighted by atomic mass is 16.2. The number of fused-ring (bicyclic) bond motifs is 1. The number of aliphatic imine (C=N–C) groups is 1. The van der Waals surface area contributed by atoms with Crippen LogP contribution in [-0.4, -0.2) is 41.4 Å². The van der Waals surface area contributed by atoms with Crippen molar-refractivity contribution in [3.05, 3.63) is 41.0 Å². The van der Waals surface area contributed by atoms with E-state index in [9.17, 15) is 14.4 Å². The predicted octanol–water partition coefficient (Wildman–Crippen LogP) is 1.31. The standard InChI is InChI=1S/C18H17N3O3/c22-16-5-4-15(17(23)20-16)21-10-14-12(11-6-8-19-9-7-11)2-1-3-13(14)18(21)24/h1-3,6,8,15H,4-5,7,9-10H2,(H,20,22,23). The highest BCUT2D eigenvalue weighted by Crippen LogP contribution is 2.34. The molecule has 24 heavy (non-hydrogen) atoms. The summed E-state index contributed by atoms with van der Waals surface area (Å²) in [5, 5.41) is 2.33. The van der Waals surface area contributed by atoms with E-state index in [0.29, 0.717) is 18.5 Å². The number of amides is 3. The van der Waals surface area contributed by atoms with E-state index in [-0.39, 0.29) is 24.1 Å². The number of carbonyl (C=O) groups is 3. The van der Waals surface area contributed by atoms with Crippen LogP contribution in [0.25, 0.3) is 5.57 Å². The smallest absolute Gasteiger partial charge is 0.255 e. The molecule has 0 bridgehead atoms. The SMILES string of the molecule is O=C1CCC(N2Cc3c(cccc3C3=CC=NCC3)C2=O)C(=O)N1. The molecule has 1 unspecified atom stereocenters. The van der Waals surface area contributed by atoms with E-state index in [2.05, 4.69) is 10.3 Å². The van der Waals surface area contributed by atoms with Crippen LogP contribution in [0.2, 0.25) is 0 Å². The lowest BCUT2D eigenvalue weighted by Crippen LogP contribution is -2.52. The van der Waals surface area contributed by atoms with Crippen LogP contribution < -0.4 is 5.32 Å². The molecule has 6 heteroatoms. The Kier molecular flexibility index (Phi) is 3.52. The average Bonchev–Trinajstić information content (AvgIpc) is 2.93. The zero-order valence-corrected chi connectivity index (χ0v) is 13.1. The lowest BCUT2D eigenvalue weighted by Gasteiger charge is -2.29. The summed E-state index contributed by atoms with van der Waals surface area (Å²) in [5.41, 5.74) is 3.84. The molecule has 3 aliphatic heterocycles. The topological polar surface area (TPSA) is 78.8 Å². The molecule has 122 valence electrons. The Morgan fingerprint density at radius 1 is 1.12 bits per heavy atom. The number of nitrogens with one attached hydrogen (secondary N) is 1. The van der Waals surface area contributed by atoms with Crippen molar-refractivity contribution in [3.63, 3.8) is 0 Å². The molecule has 3 amide bonds. The van der Waals surface area contributed by atoms with Crippen molar-refractivity contribution in [2.75, 3.05) is 6.54 Å². The highest BCUT2D eigenvalue weighted by Gasteiger charge is 2.39. The molecule has 3 aliphatic rings. The van der Waals surface area contributed by atoms with E-state index in [1.165, 1.54) is 5.57 Å². The molecule has 1 N–H and O–H groups in total. The van der Waals surface area contributed by atoms with Gasteiger partial charge in [-0.05, 0) is 41.7 Å². The molecule has 1 atom stereocenters. The molecule has 1 fully saturated rings. The second kappa shape index (κ2) is 5.70. The summed E-state index contributed by atoms with van der Waals surface area (Å²) in [5.74, 6) is -0.780. The van der Waals surface area contributed by atoms with Crippen molar-refractivity contribution in [2.45, 2.75) is 31.8 Å². The van der Waals surface area contributed by atoms with Crippen molar-refractivity contribution in [3.8, 4) is 0 Å². The number of benzene rings is 1. The summed E-state index contributed by atoms with van der Waals surface area (Å²) in [6, 6.07) is 5.14. The molecule has 1 aromatic rings. The van der Waals surface area contributed by atoms with Gasteiger partial charge in [-0.15, -0.1) is 0 Å². The van der Waals surface area contributed by atoms with Gasteiger partial charge in [-0.1, -0.05) is 12.1 Å². The molecular weight excluding hydrogens is 306 g/mol. The molecule has 0 aliphatic carbocycles. The monoisotopic (exact) mass is 323 g/mol. The second-order valence-electron chi connectivity index (χ2n) is 6.23. The minimum Gasteiger partial charge on any atom is -0.322 e. The van der Waals surface area contributed by atoms with Crippen LogP contribution in [0.5, 0.6) is 0 Å². The third-order valence-corrected chi connectivity index (χ3v) is 4.82. The van der Waals surface area contributed by atoms with Crippen molar-refractivity contribution in [2.24, 2.45) is 4.99 Å². The Bertz CT molecular complexity index is 810. The Morgan fingerprint density at radius 2 is 1.96 bits per heavy atom. The first-order chi connectivity index (χ1) is 11.6. The lowest BCUT2D eigenvalue weighted by atomic mass is 9.94. The van der Waals surface area contributed by atoms with Gasteiger partial charge in [0.2, 0.25) is 11.8 Å². The van der Waals surface area contributed by atoms with Crippen LogP contribution in [0.4, 0.5) is 0 Å². The lowest BCUT2D eigenvalue weighted by molar-refractivity contribution is -0.136. The van der Waals surface area contributed by atoms with Gasteiger partial charge in [0.1, 0.15) is 6.04 Å². The second-order valence-corrected chi connectivity index (χ2v) is 6.23. The quantitative estimate of drug-likeness (QED) is 0.833. The predicted molar refractivity (Wildman–Crippen MR) is 88.4 cm³/mol. The van der Waals surface area contributed by atoms with Crippen LogP contribution in [0, 0.1) is 0 Å². The number of hydrogen-bond donors (Lipinski definition) is 1. The zero-order valence-electron chi connectivity index (χ0n) is 13.1. The first-order valence-electron chi connectivity index (χ1n) is 8.11. The van der Waals surface area contributed by atoms with Gasteiger partial charge in [-0.3, -0.25) is 24.7 Å². The summed E-state index contributed by atoms with van der Waals surface area (Å²) >= 11 is 0. The first-order valence-corrected chi connectivity index (χ1v) is 8.11. The van der Waals surface area contributed by atoms with Gasteiger partial charge in [-0.2, -0.15) is 0 Å². The highest BCUT2D eigenvalue weighted by molar-refractivity contribution is 6.06. The van der Waals surface area contributed by atoms with Crippen LogP contribution in [0.15, 0.2) is 29.3 Å². The molecule has 0 spiro atoms. The number of hydrogen-bond acceptors (Lipinski definition) is 4. The number of rotatable bonds is 2. The van der Waals surface area contributed by atoms with E-state index in [4.69, 9.17) is 0 Å². The van der Waals surface area contributed by atoms with E-state index >= 15 is 0 Å². The Labute approximate surface area is 139 Å². The zero-order chi connectivity index (χ0) is 16.7. The Morgan fingerprint density at radius 3 is 2.71 bits per heavy atom. The van der Waals surface area contributed by atoms with Gasteiger partial charge in [0.25, 0.3) is 5.91 Å². The number of piperidine rings is 1. The molecule has 3 heterocycles. The van der Waals surface area contributed by atoms with Crippen LogP contribution in [-0.2, 0) is 16.1 Å².